The summed E-state index contributed by atoms with van der Waals surface area (Å²) in [6.07, 6.45) is -2.66. The van der Waals surface area contributed by atoms with Crippen LogP contribution in [-0.4, -0.2) is 55.0 Å². The molecule has 1 unspecified atom stereocenters. The van der Waals surface area contributed by atoms with Crippen molar-refractivity contribution in [3.63, 3.8) is 0 Å². The van der Waals surface area contributed by atoms with E-state index >= 15 is 0 Å². The van der Waals surface area contributed by atoms with Gasteiger partial charge in [-0.25, -0.2) is 0 Å². The van der Waals surface area contributed by atoms with Gasteiger partial charge in [-0.1, -0.05) is 13.8 Å². The molecule has 2 N–H and O–H groups in total. The topological polar surface area (TPSA) is 35.5 Å². The molecule has 3 nitrogen and oxygen atoms in total. The second kappa shape index (κ2) is 6.21. The van der Waals surface area contributed by atoms with Crippen LogP contribution in [0, 0.1) is 5.41 Å². The summed E-state index contributed by atoms with van der Waals surface area (Å²) >= 11 is 0. The van der Waals surface area contributed by atoms with Gasteiger partial charge in [-0.2, -0.15) is 13.2 Å². The number of halogens is 3. The van der Waals surface area contributed by atoms with E-state index < -0.39 is 12.7 Å². The van der Waals surface area contributed by atoms with E-state index in [1.54, 1.807) is 0 Å². The van der Waals surface area contributed by atoms with Crippen molar-refractivity contribution in [3.05, 3.63) is 0 Å². The smallest absolute Gasteiger partial charge is 0.396 e. The van der Waals surface area contributed by atoms with Crippen molar-refractivity contribution in [1.82, 2.24) is 10.2 Å². The Labute approximate surface area is 106 Å². The first-order valence-corrected chi connectivity index (χ1v) is 6.35. The summed E-state index contributed by atoms with van der Waals surface area (Å²) in [5.74, 6) is 0. The van der Waals surface area contributed by atoms with Crippen molar-refractivity contribution in [1.29, 1.82) is 0 Å². The number of hydrogen-bond acceptors (Lipinski definition) is 3. The number of nitrogens with zero attached hydrogens (tertiary/aromatic N) is 1. The third kappa shape index (κ3) is 6.02. The van der Waals surface area contributed by atoms with Crippen LogP contribution in [0.25, 0.3) is 0 Å². The zero-order chi connectivity index (χ0) is 13.8. The van der Waals surface area contributed by atoms with Crippen LogP contribution >= 0.6 is 0 Å². The van der Waals surface area contributed by atoms with Gasteiger partial charge < -0.3 is 10.4 Å². The van der Waals surface area contributed by atoms with E-state index in [1.165, 1.54) is 4.90 Å². The third-order valence-corrected chi connectivity index (χ3v) is 3.33. The lowest BCUT2D eigenvalue weighted by atomic mass is 9.89. The molecule has 1 fully saturated rings. The Hall–Kier alpha value is -0.330. The van der Waals surface area contributed by atoms with Crippen LogP contribution in [0.4, 0.5) is 13.2 Å². The van der Waals surface area contributed by atoms with Crippen LogP contribution in [0.1, 0.15) is 26.7 Å². The lowest BCUT2D eigenvalue weighted by molar-refractivity contribution is -0.143. The first-order chi connectivity index (χ1) is 8.22. The molecule has 1 atom stereocenters. The molecule has 0 spiro atoms. The van der Waals surface area contributed by atoms with Gasteiger partial charge in [0.15, 0.2) is 0 Å². The molecule has 6 heteroatoms. The molecule has 1 saturated heterocycles. The Kier molecular flexibility index (Phi) is 5.43. The van der Waals surface area contributed by atoms with Crippen LogP contribution in [-0.2, 0) is 0 Å². The van der Waals surface area contributed by atoms with E-state index in [9.17, 15) is 13.2 Å². The molecule has 0 aromatic carbocycles. The lowest BCUT2D eigenvalue weighted by Crippen LogP contribution is -2.40. The Morgan fingerprint density at radius 2 is 2.00 bits per heavy atom. The minimum absolute atomic E-state index is 0.0216. The van der Waals surface area contributed by atoms with Crippen LogP contribution < -0.4 is 5.32 Å². The predicted octanol–water partition coefficient (Wildman–Crippen LogP) is 1.62. The van der Waals surface area contributed by atoms with Crippen molar-refractivity contribution in [2.75, 3.05) is 32.8 Å². The maximum atomic E-state index is 12.2. The summed E-state index contributed by atoms with van der Waals surface area (Å²) in [4.78, 5) is 1.44. The molecule has 0 aromatic heterocycles. The van der Waals surface area contributed by atoms with E-state index in [0.29, 0.717) is 19.5 Å². The van der Waals surface area contributed by atoms with Crippen LogP contribution in [0.2, 0.25) is 0 Å². The summed E-state index contributed by atoms with van der Waals surface area (Å²) in [5.41, 5.74) is -0.0216. The second-order valence-electron chi connectivity index (χ2n) is 5.85. The number of hydrogen-bond donors (Lipinski definition) is 2. The minimum atomic E-state index is -4.11. The van der Waals surface area contributed by atoms with Gasteiger partial charge in [-0.3, -0.25) is 4.90 Å². The first-order valence-electron chi connectivity index (χ1n) is 6.35. The molecule has 1 aliphatic heterocycles. The van der Waals surface area contributed by atoms with Gasteiger partial charge in [0.1, 0.15) is 0 Å². The molecule has 108 valence electrons. The summed E-state index contributed by atoms with van der Waals surface area (Å²) < 4.78 is 36.7. The minimum Gasteiger partial charge on any atom is -0.396 e. The highest BCUT2D eigenvalue weighted by Crippen LogP contribution is 2.22. The van der Waals surface area contributed by atoms with Gasteiger partial charge in [0.2, 0.25) is 0 Å². The van der Waals surface area contributed by atoms with E-state index in [2.05, 4.69) is 5.32 Å². The molecule has 0 radical (unpaired) electrons. The molecular formula is C12H23F3N2O. The van der Waals surface area contributed by atoms with Crippen LogP contribution in [0.15, 0.2) is 0 Å². The van der Waals surface area contributed by atoms with Gasteiger partial charge in [0.25, 0.3) is 0 Å². The molecule has 1 rings (SSSR count). The van der Waals surface area contributed by atoms with Crippen molar-refractivity contribution < 1.29 is 18.3 Å². The fourth-order valence-electron chi connectivity index (χ4n) is 2.21. The van der Waals surface area contributed by atoms with E-state index in [-0.39, 0.29) is 18.1 Å². The van der Waals surface area contributed by atoms with Crippen molar-refractivity contribution in [2.45, 2.75) is 38.9 Å². The van der Waals surface area contributed by atoms with E-state index in [0.717, 1.165) is 13.0 Å². The maximum absolute atomic E-state index is 12.2. The summed E-state index contributed by atoms with van der Waals surface area (Å²) in [6, 6.07) is 0.130. The van der Waals surface area contributed by atoms with Gasteiger partial charge in [0, 0.05) is 32.3 Å². The van der Waals surface area contributed by atoms with Crippen molar-refractivity contribution >= 4 is 0 Å². The van der Waals surface area contributed by atoms with Gasteiger partial charge >= 0.3 is 6.18 Å². The van der Waals surface area contributed by atoms with E-state index in [4.69, 9.17) is 5.11 Å². The van der Waals surface area contributed by atoms with Crippen LogP contribution in [0.3, 0.4) is 0 Å². The summed E-state index contributed by atoms with van der Waals surface area (Å²) in [6.45, 7) is 5.08. The lowest BCUT2D eigenvalue weighted by Gasteiger charge is -2.26. The number of likely N-dealkylation sites (tertiary alicyclic amines) is 1. The van der Waals surface area contributed by atoms with Gasteiger partial charge in [-0.15, -0.1) is 0 Å². The SMILES string of the molecule is CC(C)(CCO)CNC1CCN(CC(F)(F)F)C1. The Morgan fingerprint density at radius 3 is 2.56 bits per heavy atom. The second-order valence-corrected chi connectivity index (χ2v) is 5.85. The normalized spacial score (nSPS) is 22.7. The summed E-state index contributed by atoms with van der Waals surface area (Å²) in [7, 11) is 0. The molecule has 18 heavy (non-hydrogen) atoms. The Bertz CT molecular complexity index is 256. The predicted molar refractivity (Wildman–Crippen MR) is 64.4 cm³/mol. The van der Waals surface area contributed by atoms with Crippen molar-refractivity contribution in [3.8, 4) is 0 Å². The largest absolute Gasteiger partial charge is 0.401 e. The molecule has 0 aliphatic carbocycles. The first kappa shape index (κ1) is 15.7. The zero-order valence-electron chi connectivity index (χ0n) is 11.1. The standard InChI is InChI=1S/C12H23F3N2O/c1-11(2,4-6-18)8-16-10-3-5-17(7-10)9-12(13,14)15/h10,16,18H,3-9H2,1-2H3. The summed E-state index contributed by atoms with van der Waals surface area (Å²) in [5, 5.41) is 12.2. The Balaban J connectivity index is 2.26. The molecule has 1 heterocycles. The van der Waals surface area contributed by atoms with Gasteiger partial charge in [0.05, 0.1) is 6.54 Å². The highest BCUT2D eigenvalue weighted by atomic mass is 19.4. The quantitative estimate of drug-likeness (QED) is 0.768. The van der Waals surface area contributed by atoms with Crippen molar-refractivity contribution in [2.24, 2.45) is 5.41 Å². The average molecular weight is 268 g/mol. The molecule has 0 aromatic rings. The number of aliphatic hydroxyl groups is 1. The molecular weight excluding hydrogens is 245 g/mol. The third-order valence-electron chi connectivity index (χ3n) is 3.33. The fraction of sp³-hybridized carbons (Fsp3) is 1.00. The highest BCUT2D eigenvalue weighted by molar-refractivity contribution is 4.84. The maximum Gasteiger partial charge on any atom is 0.401 e. The molecule has 0 bridgehead atoms. The Morgan fingerprint density at radius 1 is 1.33 bits per heavy atom. The number of aliphatic hydroxyl groups excluding tert-OH is 1. The fourth-order valence-corrected chi connectivity index (χ4v) is 2.21. The zero-order valence-corrected chi connectivity index (χ0v) is 11.1. The van der Waals surface area contributed by atoms with Crippen LogP contribution in [0.5, 0.6) is 0 Å². The highest BCUT2D eigenvalue weighted by Gasteiger charge is 2.34. The average Bonchev–Trinajstić information content (AvgIpc) is 2.60. The monoisotopic (exact) mass is 268 g/mol. The van der Waals surface area contributed by atoms with Gasteiger partial charge in [-0.05, 0) is 18.3 Å². The molecule has 1 aliphatic rings. The number of alkyl halides is 3. The molecule has 0 saturated carbocycles. The van der Waals surface area contributed by atoms with E-state index in [1.807, 2.05) is 13.8 Å². The number of rotatable bonds is 6. The number of nitrogens with one attached hydrogen (secondary N) is 1. The molecule has 0 amide bonds.